The first-order valence-corrected chi connectivity index (χ1v) is 11.5. The van der Waals surface area contributed by atoms with Crippen LogP contribution in [0.25, 0.3) is 5.52 Å². The molecule has 0 unspecified atom stereocenters. The summed E-state index contributed by atoms with van der Waals surface area (Å²) in [5.41, 5.74) is 2.20. The van der Waals surface area contributed by atoms with E-state index in [4.69, 9.17) is 4.74 Å². The molecule has 0 saturated carbocycles. The monoisotopic (exact) mass is 448 g/mol. The number of nitrogens with one attached hydrogen (secondary N) is 1. The summed E-state index contributed by atoms with van der Waals surface area (Å²) in [6, 6.07) is 13.9. The van der Waals surface area contributed by atoms with Crippen molar-refractivity contribution in [2.75, 3.05) is 26.3 Å². The molecule has 7 heteroatoms. The Balaban J connectivity index is 1.37. The Kier molecular flexibility index (Phi) is 7.08. The molecule has 7 nitrogen and oxygen atoms in total. The van der Waals surface area contributed by atoms with Crippen LogP contribution in [0.1, 0.15) is 31.5 Å². The largest absolute Gasteiger partial charge is 0.379 e. The van der Waals surface area contributed by atoms with Crippen molar-refractivity contribution in [2.24, 2.45) is 5.92 Å². The third-order valence-corrected chi connectivity index (χ3v) is 6.11. The smallest absolute Gasteiger partial charge is 0.247 e. The third kappa shape index (κ3) is 5.79. The van der Waals surface area contributed by atoms with Crippen molar-refractivity contribution >= 4 is 17.3 Å². The van der Waals surface area contributed by atoms with E-state index in [0.29, 0.717) is 39.1 Å². The first-order valence-electron chi connectivity index (χ1n) is 11.5. The number of rotatable bonds is 7. The molecule has 1 saturated heterocycles. The Hall–Kier alpha value is -3.19. The average Bonchev–Trinajstić information content (AvgIpc) is 3.18. The predicted octanol–water partition coefficient (Wildman–Crippen LogP) is 2.88. The van der Waals surface area contributed by atoms with E-state index < -0.39 is 5.54 Å². The van der Waals surface area contributed by atoms with Gasteiger partial charge in [0.15, 0.2) is 0 Å². The van der Waals surface area contributed by atoms with Gasteiger partial charge in [-0.15, -0.1) is 0 Å². The summed E-state index contributed by atoms with van der Waals surface area (Å²) in [4.78, 5) is 32.4. The van der Waals surface area contributed by atoms with Crippen molar-refractivity contribution in [1.82, 2.24) is 19.6 Å². The molecule has 4 rings (SSSR count). The second-order valence-electron chi connectivity index (χ2n) is 9.23. The molecule has 3 heterocycles. The molecule has 1 aliphatic heterocycles. The van der Waals surface area contributed by atoms with Crippen LogP contribution < -0.4 is 5.32 Å². The third-order valence-electron chi connectivity index (χ3n) is 6.11. The highest BCUT2D eigenvalue weighted by atomic mass is 16.5. The highest BCUT2D eigenvalue weighted by molar-refractivity contribution is 5.90. The van der Waals surface area contributed by atoms with Crippen molar-refractivity contribution in [3.8, 4) is 0 Å². The van der Waals surface area contributed by atoms with E-state index in [1.807, 2.05) is 53.7 Å². The maximum Gasteiger partial charge on any atom is 0.247 e. The summed E-state index contributed by atoms with van der Waals surface area (Å²) < 4.78 is 7.87. The van der Waals surface area contributed by atoms with Gasteiger partial charge < -0.3 is 19.4 Å². The van der Waals surface area contributed by atoms with Gasteiger partial charge in [-0.05, 0) is 44.4 Å². The quantitative estimate of drug-likeness (QED) is 0.603. The molecular weight excluding hydrogens is 416 g/mol. The lowest BCUT2D eigenvalue weighted by Gasteiger charge is -2.33. The average molecular weight is 449 g/mol. The summed E-state index contributed by atoms with van der Waals surface area (Å²) in [6.07, 6.45) is 7.46. The number of hydrogen-bond donors (Lipinski definition) is 1. The minimum absolute atomic E-state index is 0.0834. The molecule has 1 aromatic carbocycles. The van der Waals surface area contributed by atoms with Gasteiger partial charge in [-0.3, -0.25) is 14.6 Å². The number of carbonyl (C=O) groups is 2. The lowest BCUT2D eigenvalue weighted by atomic mass is 9.99. The number of ether oxygens (including phenoxy) is 1. The number of carbonyl (C=O) groups excluding carboxylic acids is 2. The van der Waals surface area contributed by atoms with E-state index in [9.17, 15) is 9.59 Å². The first kappa shape index (κ1) is 23.0. The summed E-state index contributed by atoms with van der Waals surface area (Å²) >= 11 is 0. The van der Waals surface area contributed by atoms with Gasteiger partial charge in [0, 0.05) is 44.0 Å². The molecule has 0 radical (unpaired) electrons. The van der Waals surface area contributed by atoms with Gasteiger partial charge >= 0.3 is 0 Å². The van der Waals surface area contributed by atoms with E-state index in [-0.39, 0.29) is 17.7 Å². The zero-order chi connectivity index (χ0) is 23.3. The number of aromatic nitrogens is 2. The number of nitrogens with zero attached hydrogens (tertiary/aromatic N) is 3. The maximum absolute atomic E-state index is 13.4. The van der Waals surface area contributed by atoms with Gasteiger partial charge in [-0.25, -0.2) is 0 Å². The molecule has 2 aromatic heterocycles. The van der Waals surface area contributed by atoms with Crippen molar-refractivity contribution < 1.29 is 14.3 Å². The highest BCUT2D eigenvalue weighted by Crippen LogP contribution is 2.19. The molecule has 3 aromatic rings. The Morgan fingerprint density at radius 1 is 1.15 bits per heavy atom. The molecule has 1 atom stereocenters. The normalized spacial score (nSPS) is 17.0. The fourth-order valence-electron chi connectivity index (χ4n) is 4.41. The molecule has 2 amide bonds. The van der Waals surface area contributed by atoms with Crippen LogP contribution in [0, 0.1) is 5.92 Å². The number of aryl methyl sites for hydroxylation is 1. The number of amides is 2. The van der Waals surface area contributed by atoms with Crippen LogP contribution >= 0.6 is 0 Å². The standard InChI is InChI=1S/C26H32N4O3/c1-26(2,28-24(31)11-10-20-7-4-3-5-8-20)25(32)30-15-16-33-19-21(18-30)17-22-23-9-6-13-29(23)14-12-27-22/h3-9,12-14,21H,10-11,15-19H2,1-2H3,(H,28,31)/t21-/m1/s1. The zero-order valence-corrected chi connectivity index (χ0v) is 19.4. The Labute approximate surface area is 194 Å². The predicted molar refractivity (Wildman–Crippen MR) is 127 cm³/mol. The highest BCUT2D eigenvalue weighted by Gasteiger charge is 2.35. The maximum atomic E-state index is 13.4. The van der Waals surface area contributed by atoms with Crippen molar-refractivity contribution in [2.45, 2.75) is 38.6 Å². The number of benzene rings is 1. The summed E-state index contributed by atoms with van der Waals surface area (Å²) in [6.45, 7) is 5.71. The second kappa shape index (κ2) is 10.2. The molecule has 1 aliphatic rings. The SMILES string of the molecule is CC(C)(NC(=O)CCc1ccccc1)C(=O)N1CCOC[C@H](Cc2nccn3cccc23)C1. The van der Waals surface area contributed by atoms with Crippen molar-refractivity contribution in [3.05, 3.63) is 72.3 Å². The van der Waals surface area contributed by atoms with Crippen molar-refractivity contribution in [1.29, 1.82) is 0 Å². The van der Waals surface area contributed by atoms with Crippen molar-refractivity contribution in [3.63, 3.8) is 0 Å². The van der Waals surface area contributed by atoms with E-state index in [1.54, 1.807) is 20.0 Å². The molecular formula is C26H32N4O3. The first-order chi connectivity index (χ1) is 15.9. The molecule has 0 aliphatic carbocycles. The van der Waals surface area contributed by atoms with Crippen LogP contribution in [0.15, 0.2) is 61.1 Å². The summed E-state index contributed by atoms with van der Waals surface area (Å²) in [5, 5.41) is 2.94. The Morgan fingerprint density at radius 3 is 2.79 bits per heavy atom. The molecule has 1 N–H and O–H groups in total. The van der Waals surface area contributed by atoms with E-state index in [2.05, 4.69) is 20.8 Å². The summed E-state index contributed by atoms with van der Waals surface area (Å²) in [5.74, 6) is -0.0708. The van der Waals surface area contributed by atoms with E-state index in [1.165, 1.54) is 0 Å². The minimum atomic E-state index is -0.984. The lowest BCUT2D eigenvalue weighted by Crippen LogP contribution is -2.57. The summed E-state index contributed by atoms with van der Waals surface area (Å²) in [7, 11) is 0. The van der Waals surface area contributed by atoms with Gasteiger partial charge in [0.1, 0.15) is 5.54 Å². The number of fused-ring (bicyclic) bond motifs is 1. The van der Waals surface area contributed by atoms with Crippen LogP contribution in [-0.2, 0) is 27.2 Å². The van der Waals surface area contributed by atoms with Crippen LogP contribution in [0.4, 0.5) is 0 Å². The van der Waals surface area contributed by atoms with Crippen LogP contribution in [0.2, 0.25) is 0 Å². The van der Waals surface area contributed by atoms with Gasteiger partial charge in [-0.2, -0.15) is 0 Å². The lowest BCUT2D eigenvalue weighted by molar-refractivity contribution is -0.140. The van der Waals surface area contributed by atoms with Crippen LogP contribution in [0.3, 0.4) is 0 Å². The Morgan fingerprint density at radius 2 is 1.97 bits per heavy atom. The second-order valence-corrected chi connectivity index (χ2v) is 9.23. The minimum Gasteiger partial charge on any atom is -0.379 e. The van der Waals surface area contributed by atoms with Crippen LogP contribution in [0.5, 0.6) is 0 Å². The van der Waals surface area contributed by atoms with E-state index >= 15 is 0 Å². The fraction of sp³-hybridized carbons (Fsp3) is 0.423. The molecule has 0 spiro atoms. The topological polar surface area (TPSA) is 75.9 Å². The van der Waals surface area contributed by atoms with Gasteiger partial charge in [0.25, 0.3) is 0 Å². The Bertz CT molecular complexity index is 1090. The van der Waals surface area contributed by atoms with Crippen LogP contribution in [-0.4, -0.2) is 57.9 Å². The zero-order valence-electron chi connectivity index (χ0n) is 19.4. The molecule has 33 heavy (non-hydrogen) atoms. The molecule has 1 fully saturated rings. The van der Waals surface area contributed by atoms with Gasteiger partial charge in [0.05, 0.1) is 24.4 Å². The van der Waals surface area contributed by atoms with Gasteiger partial charge in [-0.1, -0.05) is 30.3 Å². The molecule has 0 bridgehead atoms. The fourth-order valence-corrected chi connectivity index (χ4v) is 4.41. The van der Waals surface area contributed by atoms with Gasteiger partial charge in [0.2, 0.25) is 11.8 Å². The number of hydrogen-bond acceptors (Lipinski definition) is 4. The van der Waals surface area contributed by atoms with E-state index in [0.717, 1.165) is 23.2 Å². The molecule has 174 valence electrons.